The van der Waals surface area contributed by atoms with Gasteiger partial charge in [-0.2, -0.15) is 13.5 Å². The van der Waals surface area contributed by atoms with Crippen molar-refractivity contribution in [2.24, 2.45) is 0 Å². The van der Waals surface area contributed by atoms with E-state index in [1.54, 1.807) is 36.4 Å². The van der Waals surface area contributed by atoms with E-state index in [-0.39, 0.29) is 15.8 Å². The molecule has 31 heavy (non-hydrogen) atoms. The van der Waals surface area contributed by atoms with Crippen molar-refractivity contribution in [2.45, 2.75) is 15.7 Å². The van der Waals surface area contributed by atoms with Crippen LogP contribution in [0.15, 0.2) is 69.0 Å². The summed E-state index contributed by atoms with van der Waals surface area (Å²) >= 11 is 7.42. The number of H-pyrrole nitrogens is 1. The van der Waals surface area contributed by atoms with Crippen LogP contribution in [-0.4, -0.2) is 30.6 Å². The number of nitrogens with one attached hydrogen (secondary N) is 2. The zero-order chi connectivity index (χ0) is 22.0. The maximum absolute atomic E-state index is 12.9. The number of benzene rings is 2. The number of aromatic nitrogens is 2. The number of fused-ring (bicyclic) bond motifs is 1. The highest BCUT2D eigenvalue weighted by atomic mass is 35.5. The van der Waals surface area contributed by atoms with Crippen LogP contribution in [0, 0.1) is 4.91 Å². The van der Waals surface area contributed by atoms with Crippen LogP contribution in [0.5, 0.6) is 0 Å². The summed E-state index contributed by atoms with van der Waals surface area (Å²) < 4.78 is 33.8. The van der Waals surface area contributed by atoms with E-state index in [1.165, 1.54) is 37.1 Å². The zero-order valence-electron chi connectivity index (χ0n) is 16.0. The van der Waals surface area contributed by atoms with Crippen molar-refractivity contribution in [2.75, 3.05) is 11.8 Å². The maximum atomic E-state index is 12.9. The number of sulfonamides is 1. The van der Waals surface area contributed by atoms with E-state index < -0.39 is 10.0 Å². The van der Waals surface area contributed by atoms with Gasteiger partial charge >= 0.3 is 5.82 Å². The highest BCUT2D eigenvalue weighted by molar-refractivity contribution is 7.98. The van der Waals surface area contributed by atoms with Crippen LogP contribution in [0.2, 0.25) is 5.02 Å². The van der Waals surface area contributed by atoms with Crippen molar-refractivity contribution in [3.63, 3.8) is 0 Å². The van der Waals surface area contributed by atoms with Crippen molar-refractivity contribution < 1.29 is 22.6 Å². The quantitative estimate of drug-likeness (QED) is 0.273. The molecule has 4 aromatic rings. The normalized spacial score (nSPS) is 11.5. The molecule has 0 fully saturated rings. The Morgan fingerprint density at radius 1 is 1.23 bits per heavy atom. The third-order valence-electron chi connectivity index (χ3n) is 4.21. The van der Waals surface area contributed by atoms with E-state index in [4.69, 9.17) is 16.0 Å². The number of para-hydroxylation sites is 1. The standard InChI is InChI=1S/C19H16ClN4O5S2/c1-28-24(25)18-10-14(21-22-18)11-30-17-7-6-13(20)9-15(17)23-31(26,27)19-8-12-4-2-3-5-16(12)29-19/h2-10,23H,11H2,1H3,(H,21,22)/q+1. The van der Waals surface area contributed by atoms with Crippen molar-refractivity contribution in [1.82, 2.24) is 10.2 Å². The molecule has 4 rings (SSSR count). The van der Waals surface area contributed by atoms with Gasteiger partial charge in [0.1, 0.15) is 12.7 Å². The maximum Gasteiger partial charge on any atom is 0.434 e. The molecule has 0 saturated carbocycles. The number of halogens is 1. The van der Waals surface area contributed by atoms with Gasteiger partial charge in [-0.15, -0.1) is 11.8 Å². The molecule has 0 bridgehead atoms. The van der Waals surface area contributed by atoms with Gasteiger partial charge in [-0.3, -0.25) is 4.72 Å². The summed E-state index contributed by atoms with van der Waals surface area (Å²) in [6.45, 7) is 0. The fourth-order valence-electron chi connectivity index (χ4n) is 2.76. The van der Waals surface area contributed by atoms with Gasteiger partial charge in [-0.1, -0.05) is 29.8 Å². The lowest BCUT2D eigenvalue weighted by molar-refractivity contribution is -0.739. The Kier molecular flexibility index (Phi) is 5.90. The molecule has 0 unspecified atom stereocenters. The van der Waals surface area contributed by atoms with Crippen LogP contribution in [0.3, 0.4) is 0 Å². The second-order valence-electron chi connectivity index (χ2n) is 6.33. The van der Waals surface area contributed by atoms with Crippen molar-refractivity contribution >= 4 is 55.9 Å². The monoisotopic (exact) mass is 479 g/mol. The van der Waals surface area contributed by atoms with Crippen LogP contribution >= 0.6 is 23.4 Å². The summed E-state index contributed by atoms with van der Waals surface area (Å²) in [5, 5.41) is 7.46. The Balaban J connectivity index is 1.56. The number of nitrogens with zero attached hydrogens (tertiary/aromatic N) is 2. The van der Waals surface area contributed by atoms with Gasteiger partial charge in [0.2, 0.25) is 5.09 Å². The minimum absolute atomic E-state index is 0.0833. The van der Waals surface area contributed by atoms with Crippen LogP contribution in [0.1, 0.15) is 5.69 Å². The molecule has 0 aliphatic heterocycles. The molecule has 2 aromatic heterocycles. The van der Waals surface area contributed by atoms with E-state index in [0.717, 1.165) is 0 Å². The van der Waals surface area contributed by atoms with Gasteiger partial charge in [0, 0.05) is 27.1 Å². The first-order valence-electron chi connectivity index (χ1n) is 8.85. The molecular weight excluding hydrogens is 464 g/mol. The van der Waals surface area contributed by atoms with Crippen LogP contribution in [0.25, 0.3) is 11.0 Å². The predicted octanol–water partition coefficient (Wildman–Crippen LogP) is 4.87. The molecule has 2 heterocycles. The molecule has 0 atom stereocenters. The molecule has 0 aliphatic rings. The van der Waals surface area contributed by atoms with Crippen LogP contribution in [-0.2, 0) is 20.6 Å². The number of hydrogen-bond acceptors (Lipinski definition) is 7. The first-order valence-corrected chi connectivity index (χ1v) is 11.7. The fraction of sp³-hybridized carbons (Fsp3) is 0.105. The summed E-state index contributed by atoms with van der Waals surface area (Å²) in [5.74, 6) is 0.478. The van der Waals surface area contributed by atoms with Crippen LogP contribution < -0.4 is 4.72 Å². The summed E-state index contributed by atoms with van der Waals surface area (Å²) in [7, 11) is -2.74. The summed E-state index contributed by atoms with van der Waals surface area (Å²) in [6.07, 6.45) is 0. The second kappa shape index (κ2) is 8.61. The average Bonchev–Trinajstić information content (AvgIpc) is 3.40. The number of furan rings is 1. The molecule has 0 amide bonds. The molecule has 0 saturated heterocycles. The van der Waals surface area contributed by atoms with Gasteiger partial charge < -0.3 is 9.25 Å². The molecular formula is C19H16ClN4O5S2+. The number of rotatable bonds is 8. The molecule has 12 heteroatoms. The first kappa shape index (κ1) is 21.2. The highest BCUT2D eigenvalue weighted by Gasteiger charge is 2.22. The second-order valence-corrected chi connectivity index (χ2v) is 9.40. The minimum atomic E-state index is -3.98. The number of hydrogen-bond donors (Lipinski definition) is 2. The fourth-order valence-corrected chi connectivity index (χ4v) is 4.92. The average molecular weight is 480 g/mol. The van der Waals surface area contributed by atoms with Crippen LogP contribution in [0.4, 0.5) is 11.5 Å². The Morgan fingerprint density at radius 2 is 2.03 bits per heavy atom. The highest BCUT2D eigenvalue weighted by Crippen LogP contribution is 2.34. The number of aromatic amines is 1. The van der Waals surface area contributed by atoms with Gasteiger partial charge in [-0.25, -0.2) is 0 Å². The zero-order valence-corrected chi connectivity index (χ0v) is 18.4. The molecule has 0 spiro atoms. The summed E-state index contributed by atoms with van der Waals surface area (Å²) in [6, 6.07) is 14.9. The molecule has 0 radical (unpaired) electrons. The van der Waals surface area contributed by atoms with Gasteiger partial charge in [0.25, 0.3) is 10.0 Å². The SMILES string of the molecule is CO[N+](=O)c1cc(CSc2ccc(Cl)cc2NS(=O)(=O)c2cc3ccccc3o2)[nH]n1. The Bertz CT molecular complexity index is 1330. The first-order chi connectivity index (χ1) is 14.9. The Morgan fingerprint density at radius 3 is 2.81 bits per heavy atom. The molecule has 160 valence electrons. The Labute approximate surface area is 186 Å². The number of anilines is 1. The Hall–Kier alpha value is -3.02. The van der Waals surface area contributed by atoms with E-state index in [9.17, 15) is 13.3 Å². The summed E-state index contributed by atoms with van der Waals surface area (Å²) in [5.41, 5.74) is 1.43. The van der Waals surface area contributed by atoms with E-state index in [0.29, 0.717) is 38.0 Å². The van der Waals surface area contributed by atoms with Gasteiger partial charge in [0.05, 0.1) is 22.5 Å². The predicted molar refractivity (Wildman–Crippen MR) is 117 cm³/mol. The topological polar surface area (TPSA) is 117 Å². The van der Waals surface area contributed by atoms with E-state index in [2.05, 4.69) is 19.8 Å². The van der Waals surface area contributed by atoms with Crippen molar-refractivity contribution in [1.29, 1.82) is 0 Å². The largest absolute Gasteiger partial charge is 0.443 e. The number of thioether (sulfide) groups is 1. The molecule has 9 nitrogen and oxygen atoms in total. The van der Waals surface area contributed by atoms with Gasteiger partial charge in [-0.05, 0) is 29.2 Å². The molecule has 2 N–H and O–H groups in total. The smallest absolute Gasteiger partial charge is 0.434 e. The van der Waals surface area contributed by atoms with Gasteiger partial charge in [0.15, 0.2) is 4.92 Å². The molecule has 2 aromatic carbocycles. The van der Waals surface area contributed by atoms with E-state index in [1.807, 2.05) is 0 Å². The molecule has 0 aliphatic carbocycles. The van der Waals surface area contributed by atoms with Crippen molar-refractivity contribution in [3.05, 3.63) is 70.2 Å². The lowest BCUT2D eigenvalue weighted by Crippen LogP contribution is -2.12. The lowest BCUT2D eigenvalue weighted by atomic mass is 10.3. The minimum Gasteiger partial charge on any atom is -0.443 e. The lowest BCUT2D eigenvalue weighted by Gasteiger charge is -2.11. The van der Waals surface area contributed by atoms with Crippen molar-refractivity contribution in [3.8, 4) is 0 Å². The summed E-state index contributed by atoms with van der Waals surface area (Å²) in [4.78, 5) is 16.9. The third kappa shape index (κ3) is 4.68. The third-order valence-corrected chi connectivity index (χ3v) is 6.78. The van der Waals surface area contributed by atoms with E-state index >= 15 is 0 Å².